The van der Waals surface area contributed by atoms with Gasteiger partial charge in [0.05, 0.1) is 5.60 Å². The largest absolute Gasteiger partial charge is 0.375 e. The van der Waals surface area contributed by atoms with E-state index >= 15 is 0 Å². The van der Waals surface area contributed by atoms with E-state index < -0.39 is 0 Å². The quantitative estimate of drug-likeness (QED) is 0.656. The zero-order valence-electron chi connectivity index (χ0n) is 6.71. The Morgan fingerprint density at radius 1 is 1.45 bits per heavy atom. The lowest BCUT2D eigenvalue weighted by Crippen LogP contribution is -2.49. The monoisotopic (exact) mass is 177 g/mol. The molecule has 0 aromatic carbocycles. The molecule has 2 aliphatic rings. The Labute approximate surface area is 73.9 Å². The second-order valence-electron chi connectivity index (χ2n) is 3.49. The molecule has 1 saturated carbocycles. The predicted octanol–water partition coefficient (Wildman–Crippen LogP) is 1.33. The van der Waals surface area contributed by atoms with E-state index in [2.05, 4.69) is 0 Å². The zero-order valence-corrected chi connectivity index (χ0v) is 7.53. The Hall–Kier alpha value is 0.210. The molecule has 1 saturated heterocycles. The maximum Gasteiger partial charge on any atom is 0.0723 e. The van der Waals surface area contributed by atoms with Crippen LogP contribution in [0.4, 0.5) is 0 Å². The van der Waals surface area contributed by atoms with Crippen LogP contribution in [0, 0.1) is 5.92 Å². The van der Waals surface area contributed by atoms with E-state index in [1.54, 1.807) is 0 Å². The fraction of sp³-hybridized carbons (Fsp3) is 1.00. The van der Waals surface area contributed by atoms with Gasteiger partial charge in [-0.25, -0.2) is 0 Å². The Balaban J connectivity index is 0.000000605. The van der Waals surface area contributed by atoms with Gasteiger partial charge in [0.2, 0.25) is 0 Å². The van der Waals surface area contributed by atoms with Crippen molar-refractivity contribution in [3.05, 3.63) is 0 Å². The number of halogens is 1. The molecule has 3 heteroatoms. The van der Waals surface area contributed by atoms with Crippen LogP contribution in [-0.4, -0.2) is 18.8 Å². The Kier molecular flexibility index (Phi) is 2.79. The second-order valence-corrected chi connectivity index (χ2v) is 3.49. The molecule has 2 nitrogen and oxygen atoms in total. The lowest BCUT2D eigenvalue weighted by molar-refractivity contribution is -0.106. The van der Waals surface area contributed by atoms with E-state index in [0.717, 1.165) is 13.2 Å². The van der Waals surface area contributed by atoms with Crippen LogP contribution < -0.4 is 5.73 Å². The third kappa shape index (κ3) is 1.28. The lowest BCUT2D eigenvalue weighted by atomic mass is 9.68. The first-order valence-corrected chi connectivity index (χ1v) is 4.21. The van der Waals surface area contributed by atoms with Crippen LogP contribution in [-0.2, 0) is 4.74 Å². The van der Waals surface area contributed by atoms with Crippen molar-refractivity contribution in [2.24, 2.45) is 11.7 Å². The molecule has 0 aromatic rings. The van der Waals surface area contributed by atoms with Gasteiger partial charge in [-0.3, -0.25) is 0 Å². The molecule has 1 spiro atoms. The first kappa shape index (κ1) is 9.30. The number of hydrogen-bond donors (Lipinski definition) is 1. The van der Waals surface area contributed by atoms with Gasteiger partial charge in [-0.05, 0) is 32.2 Å². The van der Waals surface area contributed by atoms with Crippen molar-refractivity contribution in [3.63, 3.8) is 0 Å². The molecule has 11 heavy (non-hydrogen) atoms. The smallest absolute Gasteiger partial charge is 0.0723 e. The first-order valence-electron chi connectivity index (χ1n) is 4.21. The summed E-state index contributed by atoms with van der Waals surface area (Å²) in [7, 11) is 0. The van der Waals surface area contributed by atoms with E-state index in [1.807, 2.05) is 0 Å². The summed E-state index contributed by atoms with van der Waals surface area (Å²) >= 11 is 0. The fourth-order valence-electron chi connectivity index (χ4n) is 2.24. The molecule has 2 rings (SSSR count). The van der Waals surface area contributed by atoms with Crippen LogP contribution >= 0.6 is 12.4 Å². The van der Waals surface area contributed by atoms with Gasteiger partial charge in [0.15, 0.2) is 0 Å². The fourth-order valence-corrected chi connectivity index (χ4v) is 2.24. The molecule has 0 radical (unpaired) electrons. The van der Waals surface area contributed by atoms with Crippen molar-refractivity contribution >= 4 is 12.4 Å². The number of rotatable bonds is 1. The molecule has 2 atom stereocenters. The standard InChI is InChI=1S/C8H15NO.ClH/c9-6-7-2-4-8(7)3-1-5-10-8;/h7H,1-6,9H2;1H. The minimum absolute atomic E-state index is 0. The summed E-state index contributed by atoms with van der Waals surface area (Å²) in [4.78, 5) is 0. The molecule has 2 unspecified atom stereocenters. The van der Waals surface area contributed by atoms with E-state index in [9.17, 15) is 0 Å². The summed E-state index contributed by atoms with van der Waals surface area (Å²) in [5.74, 6) is 0.676. The first-order chi connectivity index (χ1) is 4.87. The van der Waals surface area contributed by atoms with Crippen molar-refractivity contribution in [1.29, 1.82) is 0 Å². The van der Waals surface area contributed by atoms with Crippen molar-refractivity contribution in [1.82, 2.24) is 0 Å². The number of hydrogen-bond acceptors (Lipinski definition) is 2. The third-order valence-electron chi connectivity index (χ3n) is 3.08. The molecule has 1 aliphatic carbocycles. The second kappa shape index (κ2) is 3.30. The summed E-state index contributed by atoms with van der Waals surface area (Å²) in [5, 5.41) is 0. The van der Waals surface area contributed by atoms with Crippen LogP contribution in [0.2, 0.25) is 0 Å². The third-order valence-corrected chi connectivity index (χ3v) is 3.08. The molecule has 0 aromatic heterocycles. The summed E-state index contributed by atoms with van der Waals surface area (Å²) in [6.07, 6.45) is 5.05. The van der Waals surface area contributed by atoms with E-state index in [0.29, 0.717) is 5.92 Å². The molecule has 0 amide bonds. The normalized spacial score (nSPS) is 41.7. The van der Waals surface area contributed by atoms with Gasteiger partial charge in [0, 0.05) is 12.5 Å². The molecule has 1 heterocycles. The molecular formula is C8H16ClNO. The molecule has 1 aliphatic heterocycles. The Morgan fingerprint density at radius 3 is 2.64 bits per heavy atom. The highest BCUT2D eigenvalue weighted by molar-refractivity contribution is 5.85. The summed E-state index contributed by atoms with van der Waals surface area (Å²) < 4.78 is 5.70. The average Bonchev–Trinajstić information content (AvgIpc) is 2.35. The lowest BCUT2D eigenvalue weighted by Gasteiger charge is -2.45. The SMILES string of the molecule is Cl.NCC1CCC12CCCO2. The van der Waals surface area contributed by atoms with Gasteiger partial charge in [0.1, 0.15) is 0 Å². The molecule has 0 bridgehead atoms. The van der Waals surface area contributed by atoms with Gasteiger partial charge in [-0.1, -0.05) is 0 Å². The molecule has 66 valence electrons. The summed E-state index contributed by atoms with van der Waals surface area (Å²) in [5.41, 5.74) is 5.87. The van der Waals surface area contributed by atoms with E-state index in [4.69, 9.17) is 10.5 Å². The maximum absolute atomic E-state index is 5.70. The molecule has 2 N–H and O–H groups in total. The average molecular weight is 178 g/mol. The molecular weight excluding hydrogens is 162 g/mol. The van der Waals surface area contributed by atoms with Crippen molar-refractivity contribution in [2.45, 2.75) is 31.3 Å². The van der Waals surface area contributed by atoms with Gasteiger partial charge in [-0.15, -0.1) is 12.4 Å². The van der Waals surface area contributed by atoms with Crippen LogP contribution in [0.25, 0.3) is 0 Å². The number of nitrogens with two attached hydrogens (primary N) is 1. The highest BCUT2D eigenvalue weighted by Gasteiger charge is 2.48. The minimum atomic E-state index is 0. The number of ether oxygens (including phenoxy) is 1. The summed E-state index contributed by atoms with van der Waals surface area (Å²) in [6, 6.07) is 0. The Bertz CT molecular complexity index is 132. The van der Waals surface area contributed by atoms with Crippen LogP contribution in [0.5, 0.6) is 0 Å². The van der Waals surface area contributed by atoms with Gasteiger partial charge < -0.3 is 10.5 Å². The van der Waals surface area contributed by atoms with E-state index in [1.165, 1.54) is 25.7 Å². The van der Waals surface area contributed by atoms with Crippen molar-refractivity contribution < 1.29 is 4.74 Å². The van der Waals surface area contributed by atoms with E-state index in [-0.39, 0.29) is 18.0 Å². The van der Waals surface area contributed by atoms with Crippen molar-refractivity contribution in [2.75, 3.05) is 13.2 Å². The Morgan fingerprint density at radius 2 is 2.27 bits per heavy atom. The van der Waals surface area contributed by atoms with Gasteiger partial charge >= 0.3 is 0 Å². The van der Waals surface area contributed by atoms with Gasteiger partial charge in [0.25, 0.3) is 0 Å². The summed E-state index contributed by atoms with van der Waals surface area (Å²) in [6.45, 7) is 1.79. The van der Waals surface area contributed by atoms with Crippen LogP contribution in [0.1, 0.15) is 25.7 Å². The van der Waals surface area contributed by atoms with Crippen LogP contribution in [0.3, 0.4) is 0 Å². The predicted molar refractivity (Wildman–Crippen MR) is 46.9 cm³/mol. The minimum Gasteiger partial charge on any atom is -0.375 e. The molecule has 2 fully saturated rings. The highest BCUT2D eigenvalue weighted by Crippen LogP contribution is 2.47. The zero-order chi connectivity index (χ0) is 7.03. The van der Waals surface area contributed by atoms with Crippen molar-refractivity contribution in [3.8, 4) is 0 Å². The topological polar surface area (TPSA) is 35.2 Å². The maximum atomic E-state index is 5.70. The highest BCUT2D eigenvalue weighted by atomic mass is 35.5. The van der Waals surface area contributed by atoms with Crippen LogP contribution in [0.15, 0.2) is 0 Å². The van der Waals surface area contributed by atoms with Gasteiger partial charge in [-0.2, -0.15) is 0 Å².